The molecule has 2 nitrogen and oxygen atoms in total. The third kappa shape index (κ3) is 1.83. The van der Waals surface area contributed by atoms with Gasteiger partial charge in [-0.25, -0.2) is 0 Å². The molecule has 13 heavy (non-hydrogen) atoms. The van der Waals surface area contributed by atoms with Crippen molar-refractivity contribution in [2.45, 2.75) is 6.92 Å². The molecule has 0 aliphatic heterocycles. The first-order valence-electron chi connectivity index (χ1n) is 4.08. The Morgan fingerprint density at radius 1 is 1.15 bits per heavy atom. The smallest absolute Gasteiger partial charge is 0.126 e. The highest BCUT2D eigenvalue weighted by Crippen LogP contribution is 2.28. The first kappa shape index (κ1) is 9.65. The van der Waals surface area contributed by atoms with E-state index in [0.29, 0.717) is 0 Å². The minimum Gasteiger partial charge on any atom is -0.496 e. The van der Waals surface area contributed by atoms with Crippen LogP contribution in [0.5, 0.6) is 11.5 Å². The van der Waals surface area contributed by atoms with Crippen LogP contribution in [0.2, 0.25) is 0 Å². The van der Waals surface area contributed by atoms with Gasteiger partial charge in [0.15, 0.2) is 0 Å². The third-order valence-corrected chi connectivity index (χ3v) is 1.97. The number of hydrogen-bond acceptors (Lipinski definition) is 2. The molecule has 0 bridgehead atoms. The van der Waals surface area contributed by atoms with Crippen LogP contribution in [-0.2, 0) is 0 Å². The van der Waals surface area contributed by atoms with Gasteiger partial charge in [0.05, 0.1) is 14.2 Å². The zero-order valence-corrected chi connectivity index (χ0v) is 8.26. The molecule has 0 aromatic heterocycles. The largest absolute Gasteiger partial charge is 0.496 e. The van der Waals surface area contributed by atoms with Gasteiger partial charge >= 0.3 is 0 Å². The summed E-state index contributed by atoms with van der Waals surface area (Å²) in [5.74, 6) is 1.68. The number of aryl methyl sites for hydroxylation is 1. The Morgan fingerprint density at radius 3 is 2.23 bits per heavy atom. The van der Waals surface area contributed by atoms with Crippen molar-refractivity contribution in [2.24, 2.45) is 0 Å². The summed E-state index contributed by atoms with van der Waals surface area (Å²) < 4.78 is 10.4. The van der Waals surface area contributed by atoms with Crippen LogP contribution in [0.4, 0.5) is 0 Å². The van der Waals surface area contributed by atoms with Gasteiger partial charge in [-0.1, -0.05) is 12.7 Å². The van der Waals surface area contributed by atoms with Gasteiger partial charge in [-0.15, -0.1) is 0 Å². The minimum atomic E-state index is 0.827. The molecule has 1 aromatic rings. The fourth-order valence-corrected chi connectivity index (χ4v) is 1.23. The molecule has 0 amide bonds. The second-order valence-electron chi connectivity index (χ2n) is 2.77. The van der Waals surface area contributed by atoms with E-state index >= 15 is 0 Å². The van der Waals surface area contributed by atoms with Crippen molar-refractivity contribution in [3.63, 3.8) is 0 Å². The lowest BCUT2D eigenvalue weighted by Gasteiger charge is -2.10. The Bertz CT molecular complexity index is 316. The summed E-state index contributed by atoms with van der Waals surface area (Å²) in [6.07, 6.45) is 1.75. The Labute approximate surface area is 78.8 Å². The van der Waals surface area contributed by atoms with Crippen molar-refractivity contribution in [1.29, 1.82) is 0 Å². The molecule has 0 N–H and O–H groups in total. The summed E-state index contributed by atoms with van der Waals surface area (Å²) in [5.41, 5.74) is 2.01. The van der Waals surface area contributed by atoms with Crippen LogP contribution < -0.4 is 9.47 Å². The average Bonchev–Trinajstić information content (AvgIpc) is 2.17. The summed E-state index contributed by atoms with van der Waals surface area (Å²) in [5, 5.41) is 0. The fourth-order valence-electron chi connectivity index (χ4n) is 1.23. The Hall–Kier alpha value is -1.44. The van der Waals surface area contributed by atoms with Crippen molar-refractivity contribution in [1.82, 2.24) is 0 Å². The average molecular weight is 178 g/mol. The predicted molar refractivity (Wildman–Crippen MR) is 54.4 cm³/mol. The van der Waals surface area contributed by atoms with E-state index in [1.807, 2.05) is 19.1 Å². The van der Waals surface area contributed by atoms with E-state index < -0.39 is 0 Å². The van der Waals surface area contributed by atoms with E-state index in [-0.39, 0.29) is 0 Å². The monoisotopic (exact) mass is 178 g/mol. The number of benzene rings is 1. The van der Waals surface area contributed by atoms with E-state index in [9.17, 15) is 0 Å². The maximum atomic E-state index is 5.19. The molecule has 0 spiro atoms. The lowest BCUT2D eigenvalue weighted by molar-refractivity contribution is 0.400. The molecule has 0 radical (unpaired) electrons. The maximum Gasteiger partial charge on any atom is 0.126 e. The summed E-state index contributed by atoms with van der Waals surface area (Å²) in [4.78, 5) is 0. The van der Waals surface area contributed by atoms with E-state index in [0.717, 1.165) is 22.6 Å². The summed E-state index contributed by atoms with van der Waals surface area (Å²) >= 11 is 0. The summed E-state index contributed by atoms with van der Waals surface area (Å²) in [7, 11) is 3.30. The number of ether oxygens (including phenoxy) is 2. The van der Waals surface area contributed by atoms with Gasteiger partial charge in [0.1, 0.15) is 11.5 Å². The quantitative estimate of drug-likeness (QED) is 0.708. The van der Waals surface area contributed by atoms with E-state index in [1.54, 1.807) is 20.3 Å². The zero-order valence-electron chi connectivity index (χ0n) is 8.26. The molecule has 2 heteroatoms. The van der Waals surface area contributed by atoms with Gasteiger partial charge in [0.2, 0.25) is 0 Å². The van der Waals surface area contributed by atoms with Gasteiger partial charge < -0.3 is 9.47 Å². The Kier molecular flexibility index (Phi) is 2.96. The highest BCUT2D eigenvalue weighted by Gasteiger charge is 2.04. The molecule has 70 valence electrons. The molecule has 0 fully saturated rings. The maximum absolute atomic E-state index is 5.19. The molecule has 0 aliphatic carbocycles. The van der Waals surface area contributed by atoms with E-state index in [4.69, 9.17) is 9.47 Å². The van der Waals surface area contributed by atoms with Gasteiger partial charge in [-0.2, -0.15) is 0 Å². The number of rotatable bonds is 3. The number of methoxy groups -OCH3 is 2. The van der Waals surface area contributed by atoms with Crippen molar-refractivity contribution >= 4 is 6.08 Å². The molecule has 0 aliphatic rings. The van der Waals surface area contributed by atoms with Crippen LogP contribution in [0.3, 0.4) is 0 Å². The van der Waals surface area contributed by atoms with Gasteiger partial charge in [0.25, 0.3) is 0 Å². The SMILES string of the molecule is C=Cc1cc(OC)c(C)cc1OC. The first-order chi connectivity index (χ1) is 6.22. The minimum absolute atomic E-state index is 0.827. The van der Waals surface area contributed by atoms with Crippen LogP contribution in [0.1, 0.15) is 11.1 Å². The molecule has 0 unspecified atom stereocenters. The summed E-state index contributed by atoms with van der Waals surface area (Å²) in [6.45, 7) is 5.69. The first-order valence-corrected chi connectivity index (χ1v) is 4.08. The molecular formula is C11H14O2. The van der Waals surface area contributed by atoms with Crippen LogP contribution >= 0.6 is 0 Å². The highest BCUT2D eigenvalue weighted by molar-refractivity contribution is 5.60. The molecule has 0 atom stereocenters. The van der Waals surface area contributed by atoms with Gasteiger partial charge in [-0.05, 0) is 24.6 Å². The third-order valence-electron chi connectivity index (χ3n) is 1.97. The lowest BCUT2D eigenvalue weighted by Crippen LogP contribution is -1.92. The molecule has 0 saturated carbocycles. The predicted octanol–water partition coefficient (Wildman–Crippen LogP) is 2.66. The van der Waals surface area contributed by atoms with Crippen LogP contribution in [0.15, 0.2) is 18.7 Å². The topological polar surface area (TPSA) is 18.5 Å². The fraction of sp³-hybridized carbons (Fsp3) is 0.273. The summed E-state index contributed by atoms with van der Waals surface area (Å²) in [6, 6.07) is 3.86. The number of hydrogen-bond donors (Lipinski definition) is 0. The molecule has 1 aromatic carbocycles. The Morgan fingerprint density at radius 2 is 1.77 bits per heavy atom. The Balaban J connectivity index is 3.26. The van der Waals surface area contributed by atoms with Crippen LogP contribution in [0.25, 0.3) is 6.08 Å². The highest BCUT2D eigenvalue weighted by atomic mass is 16.5. The molecule has 0 saturated heterocycles. The van der Waals surface area contributed by atoms with Gasteiger partial charge in [-0.3, -0.25) is 0 Å². The zero-order chi connectivity index (χ0) is 9.84. The molecule has 1 rings (SSSR count). The van der Waals surface area contributed by atoms with E-state index in [2.05, 4.69) is 6.58 Å². The van der Waals surface area contributed by atoms with Crippen LogP contribution in [0, 0.1) is 6.92 Å². The molecule has 0 heterocycles. The van der Waals surface area contributed by atoms with Crippen molar-refractivity contribution in [3.05, 3.63) is 29.8 Å². The standard InChI is InChI=1S/C11H14O2/c1-5-9-7-10(12-3)8(2)6-11(9)13-4/h5-7H,1H2,2-4H3. The second kappa shape index (κ2) is 3.99. The van der Waals surface area contributed by atoms with Gasteiger partial charge in [0, 0.05) is 5.56 Å². The van der Waals surface area contributed by atoms with E-state index in [1.165, 1.54) is 0 Å². The molecular weight excluding hydrogens is 164 g/mol. The normalized spacial score (nSPS) is 9.46. The van der Waals surface area contributed by atoms with Crippen molar-refractivity contribution < 1.29 is 9.47 Å². The van der Waals surface area contributed by atoms with Crippen LogP contribution in [-0.4, -0.2) is 14.2 Å². The second-order valence-corrected chi connectivity index (χ2v) is 2.77. The van der Waals surface area contributed by atoms with Crippen molar-refractivity contribution in [3.8, 4) is 11.5 Å². The van der Waals surface area contributed by atoms with Crippen molar-refractivity contribution in [2.75, 3.05) is 14.2 Å². The lowest BCUT2D eigenvalue weighted by atomic mass is 10.1.